The van der Waals surface area contributed by atoms with Crippen molar-refractivity contribution in [2.24, 2.45) is 11.3 Å². The zero-order valence-corrected chi connectivity index (χ0v) is 17.1. The molecular weight excluding hydrogens is 344 g/mol. The number of carbonyl (C=O) groups excluding carboxylic acids is 3. The number of likely N-dealkylation sites (N-methyl/N-ethyl adjacent to an activating group) is 1. The number of amides is 4. The molecule has 3 rings (SSSR count). The summed E-state index contributed by atoms with van der Waals surface area (Å²) < 4.78 is 0. The van der Waals surface area contributed by atoms with E-state index >= 15 is 0 Å². The van der Waals surface area contributed by atoms with E-state index in [4.69, 9.17) is 0 Å². The van der Waals surface area contributed by atoms with Crippen molar-refractivity contribution < 1.29 is 14.4 Å². The standard InChI is InChI=1S/C20H34N4O3/c1-19(2,3)14-5-9-20(10-6-14)17(26)24(18(27)22-20)13-16(25)23(4)15-7-11-21-12-8-15/h14-15,21H,5-13H2,1-4H3,(H,22,27). The molecule has 1 spiro atoms. The maximum atomic E-state index is 13.0. The highest BCUT2D eigenvalue weighted by molar-refractivity contribution is 6.09. The summed E-state index contributed by atoms with van der Waals surface area (Å²) in [5.74, 6) is 0.173. The van der Waals surface area contributed by atoms with Gasteiger partial charge in [-0.05, 0) is 62.9 Å². The van der Waals surface area contributed by atoms with Crippen LogP contribution in [0.2, 0.25) is 0 Å². The van der Waals surface area contributed by atoms with Gasteiger partial charge in [0.2, 0.25) is 5.91 Å². The predicted octanol–water partition coefficient (Wildman–Crippen LogP) is 1.72. The van der Waals surface area contributed by atoms with E-state index in [1.54, 1.807) is 11.9 Å². The molecule has 0 bridgehead atoms. The van der Waals surface area contributed by atoms with Gasteiger partial charge in [-0.2, -0.15) is 0 Å². The van der Waals surface area contributed by atoms with Crippen LogP contribution in [0.5, 0.6) is 0 Å². The fraction of sp³-hybridized carbons (Fsp3) is 0.850. The lowest BCUT2D eigenvalue weighted by Gasteiger charge is -2.40. The van der Waals surface area contributed by atoms with Crippen molar-refractivity contribution in [2.75, 3.05) is 26.7 Å². The van der Waals surface area contributed by atoms with Crippen LogP contribution in [0.15, 0.2) is 0 Å². The Balaban J connectivity index is 1.62. The van der Waals surface area contributed by atoms with Gasteiger partial charge in [-0.15, -0.1) is 0 Å². The molecule has 2 heterocycles. The minimum Gasteiger partial charge on any atom is -0.341 e. The molecule has 27 heavy (non-hydrogen) atoms. The van der Waals surface area contributed by atoms with Gasteiger partial charge in [-0.1, -0.05) is 20.8 Å². The largest absolute Gasteiger partial charge is 0.341 e. The number of imide groups is 1. The number of hydrogen-bond acceptors (Lipinski definition) is 4. The molecule has 0 atom stereocenters. The van der Waals surface area contributed by atoms with Crippen LogP contribution in [0.25, 0.3) is 0 Å². The lowest BCUT2D eigenvalue weighted by Crippen LogP contribution is -2.51. The van der Waals surface area contributed by atoms with Crippen LogP contribution in [0.3, 0.4) is 0 Å². The molecule has 3 aliphatic rings. The zero-order valence-electron chi connectivity index (χ0n) is 17.1. The lowest BCUT2D eigenvalue weighted by atomic mass is 9.67. The molecule has 0 aromatic heterocycles. The molecule has 7 heteroatoms. The first-order valence-electron chi connectivity index (χ1n) is 10.2. The third-order valence-corrected chi connectivity index (χ3v) is 6.85. The Morgan fingerprint density at radius 1 is 1.15 bits per heavy atom. The maximum Gasteiger partial charge on any atom is 0.325 e. The van der Waals surface area contributed by atoms with Crippen LogP contribution in [-0.4, -0.2) is 65.9 Å². The van der Waals surface area contributed by atoms with E-state index in [2.05, 4.69) is 31.4 Å². The highest BCUT2D eigenvalue weighted by atomic mass is 16.2. The first kappa shape index (κ1) is 20.1. The molecule has 2 saturated heterocycles. The molecule has 7 nitrogen and oxygen atoms in total. The summed E-state index contributed by atoms with van der Waals surface area (Å²) in [7, 11) is 1.78. The second kappa shape index (κ2) is 7.41. The quantitative estimate of drug-likeness (QED) is 0.733. The number of urea groups is 1. The van der Waals surface area contributed by atoms with E-state index in [1.165, 1.54) is 0 Å². The van der Waals surface area contributed by atoms with Crippen LogP contribution in [0, 0.1) is 11.3 Å². The molecule has 0 unspecified atom stereocenters. The SMILES string of the molecule is CN(C(=O)CN1C(=O)NC2(CCC(C(C)(C)C)CC2)C1=O)C1CCNCC1. The fourth-order valence-corrected chi connectivity index (χ4v) is 4.78. The van der Waals surface area contributed by atoms with Crippen molar-refractivity contribution in [3.8, 4) is 0 Å². The third kappa shape index (κ3) is 3.98. The Morgan fingerprint density at radius 3 is 2.30 bits per heavy atom. The Bertz CT molecular complexity index is 599. The molecule has 1 aliphatic carbocycles. The molecule has 4 amide bonds. The number of hydrogen-bond donors (Lipinski definition) is 2. The van der Waals surface area contributed by atoms with Crippen molar-refractivity contribution in [3.63, 3.8) is 0 Å². The summed E-state index contributed by atoms with van der Waals surface area (Å²) in [5.41, 5.74) is -0.590. The van der Waals surface area contributed by atoms with E-state index in [-0.39, 0.29) is 29.8 Å². The topological polar surface area (TPSA) is 81.8 Å². The third-order valence-electron chi connectivity index (χ3n) is 6.85. The molecule has 2 aliphatic heterocycles. The Labute approximate surface area is 162 Å². The number of rotatable bonds is 3. The maximum absolute atomic E-state index is 13.0. The predicted molar refractivity (Wildman–Crippen MR) is 103 cm³/mol. The van der Waals surface area contributed by atoms with Crippen molar-refractivity contribution >= 4 is 17.8 Å². The number of nitrogens with one attached hydrogen (secondary N) is 2. The molecule has 0 aromatic carbocycles. The number of piperidine rings is 1. The summed E-state index contributed by atoms with van der Waals surface area (Å²) in [6.07, 6.45) is 4.97. The minimum absolute atomic E-state index is 0.157. The smallest absolute Gasteiger partial charge is 0.325 e. The highest BCUT2D eigenvalue weighted by Gasteiger charge is 2.53. The van der Waals surface area contributed by atoms with Gasteiger partial charge >= 0.3 is 6.03 Å². The summed E-state index contributed by atoms with van der Waals surface area (Å²) >= 11 is 0. The number of carbonyl (C=O) groups is 3. The molecule has 0 radical (unpaired) electrons. The summed E-state index contributed by atoms with van der Waals surface area (Å²) in [5, 5.41) is 6.20. The molecule has 152 valence electrons. The Morgan fingerprint density at radius 2 is 1.74 bits per heavy atom. The summed E-state index contributed by atoms with van der Waals surface area (Å²) in [6, 6.07) is -0.239. The second-order valence-corrected chi connectivity index (χ2v) is 9.53. The monoisotopic (exact) mass is 378 g/mol. The Kier molecular flexibility index (Phi) is 5.52. The van der Waals surface area contributed by atoms with Crippen LogP contribution >= 0.6 is 0 Å². The molecule has 0 aromatic rings. The molecule has 2 N–H and O–H groups in total. The summed E-state index contributed by atoms with van der Waals surface area (Å²) in [6.45, 7) is 8.31. The van der Waals surface area contributed by atoms with Gasteiger partial charge in [0.25, 0.3) is 5.91 Å². The van der Waals surface area contributed by atoms with Crippen molar-refractivity contribution in [3.05, 3.63) is 0 Å². The van der Waals surface area contributed by atoms with E-state index in [0.717, 1.165) is 43.7 Å². The summed E-state index contributed by atoms with van der Waals surface area (Å²) in [4.78, 5) is 41.1. The molecule has 3 fully saturated rings. The van der Waals surface area contributed by atoms with Crippen LogP contribution < -0.4 is 10.6 Å². The fourth-order valence-electron chi connectivity index (χ4n) is 4.78. The highest BCUT2D eigenvalue weighted by Crippen LogP contribution is 2.43. The second-order valence-electron chi connectivity index (χ2n) is 9.53. The van der Waals surface area contributed by atoms with Gasteiger partial charge in [0.15, 0.2) is 0 Å². The lowest BCUT2D eigenvalue weighted by molar-refractivity contribution is -0.140. The van der Waals surface area contributed by atoms with Crippen LogP contribution in [0.1, 0.15) is 59.3 Å². The van der Waals surface area contributed by atoms with Crippen molar-refractivity contribution in [1.29, 1.82) is 0 Å². The first-order valence-corrected chi connectivity index (χ1v) is 10.2. The average molecular weight is 379 g/mol. The van der Waals surface area contributed by atoms with Gasteiger partial charge in [0, 0.05) is 13.1 Å². The van der Waals surface area contributed by atoms with Gasteiger partial charge in [0.05, 0.1) is 0 Å². The molecular formula is C20H34N4O3. The van der Waals surface area contributed by atoms with Crippen molar-refractivity contribution in [1.82, 2.24) is 20.4 Å². The van der Waals surface area contributed by atoms with Crippen LogP contribution in [-0.2, 0) is 9.59 Å². The van der Waals surface area contributed by atoms with Crippen LogP contribution in [0.4, 0.5) is 4.79 Å². The van der Waals surface area contributed by atoms with E-state index in [9.17, 15) is 14.4 Å². The van der Waals surface area contributed by atoms with Gasteiger partial charge in [0.1, 0.15) is 12.1 Å². The Hall–Kier alpha value is -1.63. The average Bonchev–Trinajstić information content (AvgIpc) is 2.85. The van der Waals surface area contributed by atoms with Crippen molar-refractivity contribution in [2.45, 2.75) is 70.9 Å². The van der Waals surface area contributed by atoms with Gasteiger partial charge in [-0.25, -0.2) is 4.79 Å². The van der Waals surface area contributed by atoms with Gasteiger partial charge in [-0.3, -0.25) is 14.5 Å². The van der Waals surface area contributed by atoms with E-state index in [1.807, 2.05) is 0 Å². The first-order chi connectivity index (χ1) is 12.6. The van der Waals surface area contributed by atoms with E-state index in [0.29, 0.717) is 18.8 Å². The number of nitrogens with zero attached hydrogens (tertiary/aromatic N) is 2. The zero-order chi connectivity index (χ0) is 19.8. The van der Waals surface area contributed by atoms with Gasteiger partial charge < -0.3 is 15.5 Å². The van der Waals surface area contributed by atoms with E-state index < -0.39 is 11.6 Å². The molecule has 1 saturated carbocycles. The minimum atomic E-state index is -0.799. The normalized spacial score (nSPS) is 29.9.